The number of hydrogen-bond donors (Lipinski definition) is 2. The molecule has 0 radical (unpaired) electrons. The van der Waals surface area contributed by atoms with Crippen molar-refractivity contribution in [2.45, 2.75) is 30.7 Å². The third kappa shape index (κ3) is 3.55. The molecule has 1 aromatic carbocycles. The van der Waals surface area contributed by atoms with Crippen LogP contribution in [0.4, 0.5) is 0 Å². The lowest BCUT2D eigenvalue weighted by molar-refractivity contribution is 0.0948. The Morgan fingerprint density at radius 2 is 2.16 bits per heavy atom. The van der Waals surface area contributed by atoms with Crippen LogP contribution in [0, 0.1) is 5.92 Å². The summed E-state index contributed by atoms with van der Waals surface area (Å²) in [5, 5.41) is 7.95. The normalized spacial score (nSPS) is 22.1. The van der Waals surface area contributed by atoms with Gasteiger partial charge in [-0.05, 0) is 30.5 Å². The van der Waals surface area contributed by atoms with Gasteiger partial charge in [-0.2, -0.15) is 0 Å². The molecule has 5 nitrogen and oxygen atoms in total. The summed E-state index contributed by atoms with van der Waals surface area (Å²) in [7, 11) is -3.82. The predicted octanol–water partition coefficient (Wildman–Crippen LogP) is 1.62. The number of nitrogens with two attached hydrogens (primary N) is 1. The average molecular weight is 347 g/mol. The zero-order chi connectivity index (χ0) is 14.2. The van der Waals surface area contributed by atoms with Gasteiger partial charge in [0.05, 0.1) is 4.90 Å². The minimum Gasteiger partial charge on any atom is -0.349 e. The van der Waals surface area contributed by atoms with Gasteiger partial charge < -0.3 is 5.32 Å². The Morgan fingerprint density at radius 1 is 1.47 bits per heavy atom. The van der Waals surface area contributed by atoms with Gasteiger partial charge in [0.15, 0.2) is 0 Å². The van der Waals surface area contributed by atoms with Crippen LogP contribution in [-0.2, 0) is 10.0 Å². The van der Waals surface area contributed by atoms with E-state index in [1.807, 2.05) is 0 Å². The zero-order valence-electron chi connectivity index (χ0n) is 10.4. The van der Waals surface area contributed by atoms with E-state index in [1.54, 1.807) is 6.07 Å². The van der Waals surface area contributed by atoms with Crippen LogP contribution < -0.4 is 10.5 Å². The van der Waals surface area contributed by atoms with E-state index < -0.39 is 10.0 Å². The Bertz CT molecular complexity index is 615. The van der Waals surface area contributed by atoms with E-state index in [4.69, 9.17) is 5.14 Å². The summed E-state index contributed by atoms with van der Waals surface area (Å²) in [6.07, 6.45) is 2.02. The monoisotopic (exact) mass is 346 g/mol. The minimum atomic E-state index is -3.82. The van der Waals surface area contributed by atoms with Gasteiger partial charge in [0.1, 0.15) is 0 Å². The topological polar surface area (TPSA) is 89.3 Å². The molecule has 19 heavy (non-hydrogen) atoms. The van der Waals surface area contributed by atoms with Crippen LogP contribution in [0.2, 0.25) is 0 Å². The largest absolute Gasteiger partial charge is 0.349 e. The van der Waals surface area contributed by atoms with E-state index in [2.05, 4.69) is 28.2 Å². The smallest absolute Gasteiger partial charge is 0.251 e. The lowest BCUT2D eigenvalue weighted by Crippen LogP contribution is -2.27. The Balaban J connectivity index is 2.20. The number of benzene rings is 1. The Morgan fingerprint density at radius 3 is 2.68 bits per heavy atom. The van der Waals surface area contributed by atoms with Crippen LogP contribution in [-0.4, -0.2) is 20.4 Å². The maximum absolute atomic E-state index is 12.0. The summed E-state index contributed by atoms with van der Waals surface area (Å²) in [5.74, 6) is 0.265. The molecule has 1 fully saturated rings. The highest BCUT2D eigenvalue weighted by Crippen LogP contribution is 2.33. The molecule has 0 bridgehead atoms. The highest BCUT2D eigenvalue weighted by molar-refractivity contribution is 9.10. The van der Waals surface area contributed by atoms with Crippen molar-refractivity contribution in [2.24, 2.45) is 11.1 Å². The van der Waals surface area contributed by atoms with Gasteiger partial charge >= 0.3 is 0 Å². The molecular weight excluding hydrogens is 332 g/mol. The van der Waals surface area contributed by atoms with E-state index in [-0.39, 0.29) is 16.8 Å². The number of carbonyl (C=O) groups excluding carboxylic acids is 1. The van der Waals surface area contributed by atoms with E-state index in [0.29, 0.717) is 16.0 Å². The number of halogens is 1. The second-order valence-corrected chi connectivity index (χ2v) is 7.18. The average Bonchev–Trinajstić information content (AvgIpc) is 3.05. The fraction of sp³-hybridized carbons (Fsp3) is 0.417. The van der Waals surface area contributed by atoms with Crippen molar-refractivity contribution in [2.75, 3.05) is 0 Å². The number of rotatable bonds is 4. The maximum atomic E-state index is 12.0. The summed E-state index contributed by atoms with van der Waals surface area (Å²) < 4.78 is 23.1. The van der Waals surface area contributed by atoms with Crippen LogP contribution in [0.25, 0.3) is 0 Å². The maximum Gasteiger partial charge on any atom is 0.251 e. The first-order valence-corrected chi connectivity index (χ1v) is 8.29. The molecule has 2 atom stereocenters. The molecule has 7 heteroatoms. The predicted molar refractivity (Wildman–Crippen MR) is 75.2 cm³/mol. The van der Waals surface area contributed by atoms with Gasteiger partial charge in [-0.15, -0.1) is 0 Å². The van der Waals surface area contributed by atoms with Gasteiger partial charge in [0.25, 0.3) is 5.91 Å². The summed E-state index contributed by atoms with van der Waals surface area (Å²) >= 11 is 3.18. The van der Waals surface area contributed by atoms with E-state index in [0.717, 1.165) is 12.8 Å². The molecule has 1 aliphatic carbocycles. The van der Waals surface area contributed by atoms with Crippen LogP contribution in [0.1, 0.15) is 30.1 Å². The summed E-state index contributed by atoms with van der Waals surface area (Å²) in [5.41, 5.74) is 0.292. The lowest BCUT2D eigenvalue weighted by Gasteiger charge is -2.07. The molecule has 0 heterocycles. The Hall–Kier alpha value is -0.920. The fourth-order valence-corrected chi connectivity index (χ4v) is 3.21. The molecule has 0 saturated heterocycles. The van der Waals surface area contributed by atoms with E-state index in [9.17, 15) is 13.2 Å². The summed E-state index contributed by atoms with van der Waals surface area (Å²) in [6.45, 7) is 2.08. The van der Waals surface area contributed by atoms with E-state index in [1.165, 1.54) is 12.1 Å². The van der Waals surface area contributed by atoms with Crippen molar-refractivity contribution in [1.29, 1.82) is 0 Å². The second kappa shape index (κ2) is 5.22. The molecule has 1 saturated carbocycles. The van der Waals surface area contributed by atoms with Crippen molar-refractivity contribution in [1.82, 2.24) is 5.32 Å². The van der Waals surface area contributed by atoms with Gasteiger partial charge in [-0.1, -0.05) is 29.3 Å². The second-order valence-electron chi connectivity index (χ2n) is 4.70. The first-order chi connectivity index (χ1) is 8.81. The van der Waals surface area contributed by atoms with Gasteiger partial charge in [-0.3, -0.25) is 4.79 Å². The highest BCUT2D eigenvalue weighted by Gasteiger charge is 2.36. The van der Waals surface area contributed by atoms with E-state index >= 15 is 0 Å². The molecule has 1 amide bonds. The first kappa shape index (κ1) is 14.5. The number of nitrogens with one attached hydrogen (secondary N) is 1. The molecule has 1 aliphatic rings. The number of hydrogen-bond acceptors (Lipinski definition) is 3. The van der Waals surface area contributed by atoms with Crippen LogP contribution >= 0.6 is 15.9 Å². The van der Waals surface area contributed by atoms with Crippen molar-refractivity contribution in [3.63, 3.8) is 0 Å². The van der Waals surface area contributed by atoms with Crippen LogP contribution in [0.15, 0.2) is 27.6 Å². The summed E-state index contributed by atoms with van der Waals surface area (Å²) in [6, 6.07) is 4.44. The SMILES string of the molecule is CCC1CC1NC(=O)c1cc(Br)cc(S(N)(=O)=O)c1. The zero-order valence-corrected chi connectivity index (χ0v) is 12.8. The molecule has 2 unspecified atom stereocenters. The standard InChI is InChI=1S/C12H15BrN2O3S/c1-2-7-5-11(7)15-12(16)8-3-9(13)6-10(4-8)19(14,17)18/h3-4,6-7,11H,2,5H2,1H3,(H,15,16)(H2,14,17,18). The van der Waals surface area contributed by atoms with Crippen molar-refractivity contribution >= 4 is 31.9 Å². The number of carbonyl (C=O) groups is 1. The molecular formula is C12H15BrN2O3S. The quantitative estimate of drug-likeness (QED) is 0.867. The number of sulfonamides is 1. The minimum absolute atomic E-state index is 0.0742. The molecule has 0 aromatic heterocycles. The third-order valence-electron chi connectivity index (χ3n) is 3.23. The van der Waals surface area contributed by atoms with Gasteiger partial charge in [0, 0.05) is 16.1 Å². The Labute approximate surface area is 120 Å². The summed E-state index contributed by atoms with van der Waals surface area (Å²) in [4.78, 5) is 11.9. The Kier molecular flexibility index (Phi) is 3.98. The molecule has 0 spiro atoms. The fourth-order valence-electron chi connectivity index (χ4n) is 1.99. The van der Waals surface area contributed by atoms with Crippen molar-refractivity contribution in [3.05, 3.63) is 28.2 Å². The number of amides is 1. The van der Waals surface area contributed by atoms with Crippen LogP contribution in [0.5, 0.6) is 0 Å². The molecule has 2 rings (SSSR count). The third-order valence-corrected chi connectivity index (χ3v) is 4.58. The lowest BCUT2D eigenvalue weighted by atomic mass is 10.2. The van der Waals surface area contributed by atoms with Gasteiger partial charge in [-0.25, -0.2) is 13.6 Å². The molecule has 3 N–H and O–H groups in total. The van der Waals surface area contributed by atoms with Crippen LogP contribution in [0.3, 0.4) is 0 Å². The molecule has 1 aromatic rings. The highest BCUT2D eigenvalue weighted by atomic mass is 79.9. The molecule has 0 aliphatic heterocycles. The van der Waals surface area contributed by atoms with Crippen molar-refractivity contribution in [3.8, 4) is 0 Å². The molecule has 104 valence electrons. The number of primary sulfonamides is 1. The first-order valence-electron chi connectivity index (χ1n) is 5.95. The van der Waals surface area contributed by atoms with Gasteiger partial charge in [0.2, 0.25) is 10.0 Å². The van der Waals surface area contributed by atoms with Crippen molar-refractivity contribution < 1.29 is 13.2 Å².